The Balaban J connectivity index is 3.86. The molecular weight excluding hydrogens is 484 g/mol. The smallest absolute Gasteiger partial charge is 0.321 e. The molecule has 0 aromatic heterocycles. The van der Waals surface area contributed by atoms with E-state index in [1.165, 1.54) is 116 Å². The van der Waals surface area contributed by atoms with Crippen molar-refractivity contribution in [1.82, 2.24) is 0 Å². The maximum absolute atomic E-state index is 12.0. The number of unbranched alkanes of at least 4 members (excludes halogenated alkanes) is 20. The maximum atomic E-state index is 12.0. The van der Waals surface area contributed by atoms with Crippen molar-refractivity contribution in [2.45, 2.75) is 195 Å². The van der Waals surface area contributed by atoms with E-state index in [0.29, 0.717) is 12.8 Å². The minimum Gasteiger partial charge on any atom is -0.480 e. The Morgan fingerprint density at radius 2 is 0.615 bits per heavy atom. The second-order valence-corrected chi connectivity index (χ2v) is 13.3. The van der Waals surface area contributed by atoms with E-state index >= 15 is 0 Å². The molecular formula is C35H68O4. The fraction of sp³-hybridized carbons (Fsp3) is 0.943. The Labute approximate surface area is 243 Å². The lowest BCUT2D eigenvalue weighted by Gasteiger charge is -2.25. The molecule has 4 heteroatoms. The number of carbonyl (C=O) groups is 2. The highest BCUT2D eigenvalue weighted by Crippen LogP contribution is 2.33. The summed E-state index contributed by atoms with van der Waals surface area (Å²) in [5, 5.41) is 19.6. The van der Waals surface area contributed by atoms with Crippen molar-refractivity contribution in [1.29, 1.82) is 0 Å². The minimum atomic E-state index is -1.59. The van der Waals surface area contributed by atoms with E-state index in [-0.39, 0.29) is 12.8 Å². The van der Waals surface area contributed by atoms with Gasteiger partial charge in [0, 0.05) is 0 Å². The molecule has 0 aliphatic rings. The van der Waals surface area contributed by atoms with Crippen molar-refractivity contribution in [3.63, 3.8) is 0 Å². The van der Waals surface area contributed by atoms with E-state index in [1.54, 1.807) is 0 Å². The summed E-state index contributed by atoms with van der Waals surface area (Å²) in [7, 11) is 0. The van der Waals surface area contributed by atoms with Crippen LogP contribution in [0.1, 0.15) is 195 Å². The van der Waals surface area contributed by atoms with Crippen LogP contribution in [0.15, 0.2) is 0 Å². The molecule has 39 heavy (non-hydrogen) atoms. The maximum Gasteiger partial charge on any atom is 0.321 e. The van der Waals surface area contributed by atoms with Crippen molar-refractivity contribution in [2.75, 3.05) is 0 Å². The average Bonchev–Trinajstić information content (AvgIpc) is 2.87. The van der Waals surface area contributed by atoms with Gasteiger partial charge >= 0.3 is 11.9 Å². The Hall–Kier alpha value is -1.06. The molecule has 232 valence electrons. The number of hydrogen-bond donors (Lipinski definition) is 2. The first-order valence-electron chi connectivity index (χ1n) is 17.2. The van der Waals surface area contributed by atoms with Crippen LogP contribution in [0.5, 0.6) is 0 Å². The zero-order chi connectivity index (χ0) is 29.2. The van der Waals surface area contributed by atoms with Crippen molar-refractivity contribution in [3.8, 4) is 0 Å². The van der Waals surface area contributed by atoms with Gasteiger partial charge in [-0.1, -0.05) is 182 Å². The fourth-order valence-corrected chi connectivity index (χ4v) is 5.78. The molecule has 0 aliphatic heterocycles. The largest absolute Gasteiger partial charge is 0.480 e. The average molecular weight is 553 g/mol. The highest BCUT2D eigenvalue weighted by atomic mass is 16.4. The summed E-state index contributed by atoms with van der Waals surface area (Å²) in [6, 6.07) is 0. The molecule has 0 aromatic rings. The van der Waals surface area contributed by atoms with Crippen molar-refractivity contribution >= 4 is 11.9 Å². The van der Waals surface area contributed by atoms with Crippen LogP contribution in [0.2, 0.25) is 0 Å². The molecule has 0 fully saturated rings. The van der Waals surface area contributed by atoms with Crippen molar-refractivity contribution in [3.05, 3.63) is 0 Å². The summed E-state index contributed by atoms with van der Waals surface area (Å²) in [6.07, 6.45) is 29.6. The molecule has 0 aromatic carbocycles. The molecule has 0 spiro atoms. The summed E-state index contributed by atoms with van der Waals surface area (Å²) in [5.41, 5.74) is -1.59. The number of hydrogen-bond acceptors (Lipinski definition) is 2. The Kier molecular flexibility index (Phi) is 25.2. The van der Waals surface area contributed by atoms with Crippen LogP contribution in [-0.4, -0.2) is 22.2 Å². The highest BCUT2D eigenvalue weighted by molar-refractivity contribution is 5.98. The standard InChI is InChI=1S/C35H68O4/c1-31(2)27-23-19-15-11-7-5-9-13-17-21-25-29-35(33(36)37,34(38)39)30-26-22-18-14-10-6-8-12-16-20-24-28-32(3)4/h31-32H,5-30H2,1-4H3,(H,36,37)(H,38,39). The molecule has 0 aliphatic carbocycles. The van der Waals surface area contributed by atoms with Crippen LogP contribution in [0, 0.1) is 17.3 Å². The monoisotopic (exact) mass is 553 g/mol. The predicted molar refractivity (Wildman–Crippen MR) is 167 cm³/mol. The first kappa shape index (κ1) is 37.9. The van der Waals surface area contributed by atoms with E-state index in [9.17, 15) is 19.8 Å². The summed E-state index contributed by atoms with van der Waals surface area (Å²) in [4.78, 5) is 24.0. The van der Waals surface area contributed by atoms with E-state index in [1.807, 2.05) is 0 Å². The third kappa shape index (κ3) is 22.3. The lowest BCUT2D eigenvalue weighted by Crippen LogP contribution is -2.39. The fourth-order valence-electron chi connectivity index (χ4n) is 5.78. The quantitative estimate of drug-likeness (QED) is 0.0686. The summed E-state index contributed by atoms with van der Waals surface area (Å²) in [6.45, 7) is 9.18. The van der Waals surface area contributed by atoms with Gasteiger partial charge in [-0.2, -0.15) is 0 Å². The molecule has 0 atom stereocenters. The SMILES string of the molecule is CC(C)CCCCCCCCCCCCCC(CCCCCCCCCCCCCC(C)C)(C(=O)O)C(=O)O. The van der Waals surface area contributed by atoms with Crippen LogP contribution in [0.4, 0.5) is 0 Å². The van der Waals surface area contributed by atoms with E-state index < -0.39 is 17.4 Å². The minimum absolute atomic E-state index is 0.269. The van der Waals surface area contributed by atoms with Gasteiger partial charge in [0.25, 0.3) is 0 Å². The van der Waals surface area contributed by atoms with E-state index in [4.69, 9.17) is 0 Å². The second-order valence-electron chi connectivity index (χ2n) is 13.3. The topological polar surface area (TPSA) is 74.6 Å². The normalized spacial score (nSPS) is 12.1. The van der Waals surface area contributed by atoms with E-state index in [2.05, 4.69) is 27.7 Å². The number of carboxylic acid groups (broad SMARTS) is 2. The highest BCUT2D eigenvalue weighted by Gasteiger charge is 2.45. The molecule has 0 radical (unpaired) electrons. The van der Waals surface area contributed by atoms with Crippen LogP contribution in [-0.2, 0) is 9.59 Å². The third-order valence-corrected chi connectivity index (χ3v) is 8.59. The molecule has 0 rings (SSSR count). The second kappa shape index (κ2) is 25.9. The van der Waals surface area contributed by atoms with Crippen LogP contribution >= 0.6 is 0 Å². The van der Waals surface area contributed by atoms with Gasteiger partial charge in [-0.05, 0) is 24.7 Å². The molecule has 0 saturated carbocycles. The van der Waals surface area contributed by atoms with Crippen LogP contribution in [0.3, 0.4) is 0 Å². The van der Waals surface area contributed by atoms with Gasteiger partial charge < -0.3 is 10.2 Å². The van der Waals surface area contributed by atoms with Crippen molar-refractivity contribution in [2.24, 2.45) is 17.3 Å². The summed E-state index contributed by atoms with van der Waals surface area (Å²) in [5.74, 6) is -0.636. The Morgan fingerprint density at radius 1 is 0.410 bits per heavy atom. The molecule has 0 heterocycles. The summed E-state index contributed by atoms with van der Waals surface area (Å²) >= 11 is 0. The molecule has 0 saturated heterocycles. The van der Waals surface area contributed by atoms with Crippen molar-refractivity contribution < 1.29 is 19.8 Å². The van der Waals surface area contributed by atoms with Gasteiger partial charge in [0.1, 0.15) is 0 Å². The predicted octanol–water partition coefficient (Wildman–Crippen LogP) is 11.6. The van der Waals surface area contributed by atoms with Gasteiger partial charge in [-0.15, -0.1) is 0 Å². The number of rotatable bonds is 30. The number of carboxylic acids is 2. The first-order valence-corrected chi connectivity index (χ1v) is 17.2. The molecule has 4 nitrogen and oxygen atoms in total. The molecule has 2 N–H and O–H groups in total. The zero-order valence-electron chi connectivity index (χ0n) is 26.8. The van der Waals surface area contributed by atoms with Crippen LogP contribution in [0.25, 0.3) is 0 Å². The van der Waals surface area contributed by atoms with Gasteiger partial charge in [0.15, 0.2) is 5.41 Å². The number of aliphatic carboxylic acids is 2. The van der Waals surface area contributed by atoms with Crippen LogP contribution < -0.4 is 0 Å². The van der Waals surface area contributed by atoms with Gasteiger partial charge in [0.05, 0.1) is 0 Å². The molecule has 0 bridgehead atoms. The van der Waals surface area contributed by atoms with Gasteiger partial charge in [0.2, 0.25) is 0 Å². The first-order chi connectivity index (χ1) is 18.7. The Bertz CT molecular complexity index is 519. The molecule has 0 amide bonds. The van der Waals surface area contributed by atoms with E-state index in [0.717, 1.165) is 37.5 Å². The van der Waals surface area contributed by atoms with Gasteiger partial charge in [-0.3, -0.25) is 9.59 Å². The molecule has 0 unspecified atom stereocenters. The Morgan fingerprint density at radius 3 is 0.821 bits per heavy atom. The summed E-state index contributed by atoms with van der Waals surface area (Å²) < 4.78 is 0. The van der Waals surface area contributed by atoms with Gasteiger partial charge in [-0.25, -0.2) is 0 Å². The lowest BCUT2D eigenvalue weighted by atomic mass is 9.78. The third-order valence-electron chi connectivity index (χ3n) is 8.59. The zero-order valence-corrected chi connectivity index (χ0v) is 26.8. The lowest BCUT2D eigenvalue weighted by molar-refractivity contribution is -0.166.